The Balaban J connectivity index is 2.26. The molecule has 110 valence electrons. The van der Waals surface area contributed by atoms with Crippen LogP contribution in [0.15, 0.2) is 42.5 Å². The van der Waals surface area contributed by atoms with Crippen molar-refractivity contribution >= 4 is 11.7 Å². The number of nitrogen functional groups attached to an aromatic ring is 1. The number of nitrogens with two attached hydrogens (primary N) is 1. The summed E-state index contributed by atoms with van der Waals surface area (Å²) in [5.74, 6) is 0.631. The molecule has 0 spiro atoms. The quantitative estimate of drug-likeness (QED) is 0.652. The van der Waals surface area contributed by atoms with Crippen LogP contribution in [-0.2, 0) is 11.2 Å². The Morgan fingerprint density at radius 2 is 1.95 bits per heavy atom. The topological polar surface area (TPSA) is 81.8 Å². The summed E-state index contributed by atoms with van der Waals surface area (Å²) in [6.45, 7) is 0.0388. The van der Waals surface area contributed by atoms with Crippen LogP contribution in [0.4, 0.5) is 5.69 Å². The number of para-hydroxylation sites is 1. The molecule has 0 amide bonds. The normalized spacial score (nSPS) is 10.2. The highest BCUT2D eigenvalue weighted by molar-refractivity contribution is 5.90. The van der Waals surface area contributed by atoms with Gasteiger partial charge in [0.2, 0.25) is 0 Å². The number of aliphatic hydroxyl groups excluding tert-OH is 1. The molecular weight excluding hydrogens is 270 g/mol. The molecule has 0 unspecified atom stereocenters. The van der Waals surface area contributed by atoms with Gasteiger partial charge in [-0.05, 0) is 36.2 Å². The molecule has 0 heterocycles. The van der Waals surface area contributed by atoms with Gasteiger partial charge in [0.1, 0.15) is 11.5 Å². The predicted molar refractivity (Wildman–Crippen MR) is 79.5 cm³/mol. The molecule has 2 rings (SSSR count). The first kappa shape index (κ1) is 14.9. The van der Waals surface area contributed by atoms with Crippen molar-refractivity contribution in [3.05, 3.63) is 53.6 Å². The largest absolute Gasteiger partial charge is 0.465 e. The molecule has 0 saturated heterocycles. The summed E-state index contributed by atoms with van der Waals surface area (Å²) in [5.41, 5.74) is 7.50. The van der Waals surface area contributed by atoms with Crippen LogP contribution in [0.2, 0.25) is 0 Å². The minimum Gasteiger partial charge on any atom is -0.465 e. The average molecular weight is 287 g/mol. The van der Waals surface area contributed by atoms with Crippen molar-refractivity contribution in [2.45, 2.75) is 6.42 Å². The lowest BCUT2D eigenvalue weighted by Crippen LogP contribution is -2.03. The molecule has 0 saturated carbocycles. The molecule has 2 aromatic rings. The molecule has 0 aliphatic carbocycles. The molecule has 0 fully saturated rings. The Morgan fingerprint density at radius 3 is 2.62 bits per heavy atom. The average Bonchev–Trinajstić information content (AvgIpc) is 2.50. The molecule has 3 N–H and O–H groups in total. The van der Waals surface area contributed by atoms with Gasteiger partial charge in [-0.1, -0.05) is 18.2 Å². The van der Waals surface area contributed by atoms with Gasteiger partial charge in [0.25, 0.3) is 0 Å². The fraction of sp³-hybridized carbons (Fsp3) is 0.188. The lowest BCUT2D eigenvalue weighted by molar-refractivity contribution is 0.0601. The summed E-state index contributed by atoms with van der Waals surface area (Å²) in [4.78, 5) is 11.4. The van der Waals surface area contributed by atoms with Crippen molar-refractivity contribution in [2.75, 3.05) is 19.5 Å². The van der Waals surface area contributed by atoms with Gasteiger partial charge >= 0.3 is 5.97 Å². The van der Waals surface area contributed by atoms with Gasteiger partial charge in [-0.25, -0.2) is 4.79 Å². The number of hydrogen-bond donors (Lipinski definition) is 2. The first-order valence-electron chi connectivity index (χ1n) is 6.50. The fourth-order valence-electron chi connectivity index (χ4n) is 1.94. The van der Waals surface area contributed by atoms with Crippen molar-refractivity contribution < 1.29 is 19.4 Å². The van der Waals surface area contributed by atoms with Gasteiger partial charge < -0.3 is 20.3 Å². The number of ether oxygens (including phenoxy) is 2. The van der Waals surface area contributed by atoms with E-state index in [0.717, 1.165) is 5.56 Å². The van der Waals surface area contributed by atoms with Crippen LogP contribution in [0.3, 0.4) is 0 Å². The Hall–Kier alpha value is -2.53. The van der Waals surface area contributed by atoms with Gasteiger partial charge in [0, 0.05) is 6.61 Å². The molecule has 21 heavy (non-hydrogen) atoms. The standard InChI is InChI=1S/C16H17NO4/c1-20-16(19)12-6-7-15(13(17)10-12)21-14-5-3-2-4-11(14)8-9-18/h2-7,10,18H,8-9,17H2,1H3. The summed E-state index contributed by atoms with van der Waals surface area (Å²) in [6.07, 6.45) is 0.496. The number of anilines is 1. The van der Waals surface area contributed by atoms with Gasteiger partial charge in [-0.2, -0.15) is 0 Å². The Bertz CT molecular complexity index is 640. The summed E-state index contributed by atoms with van der Waals surface area (Å²) in [6, 6.07) is 12.1. The second-order valence-electron chi connectivity index (χ2n) is 4.43. The second kappa shape index (κ2) is 6.76. The predicted octanol–water partition coefficient (Wildman–Crippen LogP) is 2.38. The first-order chi connectivity index (χ1) is 10.2. The van der Waals surface area contributed by atoms with E-state index < -0.39 is 5.97 Å². The lowest BCUT2D eigenvalue weighted by atomic mass is 10.1. The maximum atomic E-state index is 11.4. The van der Waals surface area contributed by atoms with Crippen LogP contribution in [0.25, 0.3) is 0 Å². The van der Waals surface area contributed by atoms with Crippen LogP contribution >= 0.6 is 0 Å². The molecule has 0 radical (unpaired) electrons. The number of carbonyl (C=O) groups is 1. The van der Waals surface area contributed by atoms with Crippen LogP contribution in [0.1, 0.15) is 15.9 Å². The third-order valence-electron chi connectivity index (χ3n) is 3.00. The lowest BCUT2D eigenvalue weighted by Gasteiger charge is -2.12. The Labute approximate surface area is 122 Å². The Kier molecular flexibility index (Phi) is 4.79. The monoisotopic (exact) mass is 287 g/mol. The van der Waals surface area contributed by atoms with Crippen LogP contribution in [0, 0.1) is 0 Å². The van der Waals surface area contributed by atoms with E-state index in [-0.39, 0.29) is 6.61 Å². The number of carbonyl (C=O) groups excluding carboxylic acids is 1. The number of methoxy groups -OCH3 is 1. The van der Waals surface area contributed by atoms with Crippen molar-refractivity contribution in [3.63, 3.8) is 0 Å². The molecule has 0 bridgehead atoms. The number of aliphatic hydroxyl groups is 1. The highest BCUT2D eigenvalue weighted by Crippen LogP contribution is 2.30. The molecular formula is C16H17NO4. The zero-order valence-corrected chi connectivity index (χ0v) is 11.7. The smallest absolute Gasteiger partial charge is 0.337 e. The van der Waals surface area contributed by atoms with Gasteiger partial charge in [-0.3, -0.25) is 0 Å². The third-order valence-corrected chi connectivity index (χ3v) is 3.00. The minimum atomic E-state index is -0.450. The van der Waals surface area contributed by atoms with Gasteiger partial charge in [0.15, 0.2) is 0 Å². The van der Waals surface area contributed by atoms with E-state index >= 15 is 0 Å². The van der Waals surface area contributed by atoms with E-state index in [1.54, 1.807) is 18.2 Å². The second-order valence-corrected chi connectivity index (χ2v) is 4.43. The Morgan fingerprint density at radius 1 is 1.19 bits per heavy atom. The van der Waals surface area contributed by atoms with E-state index in [1.165, 1.54) is 13.2 Å². The number of esters is 1. The summed E-state index contributed by atoms with van der Waals surface area (Å²) in [7, 11) is 1.31. The summed E-state index contributed by atoms with van der Waals surface area (Å²) < 4.78 is 10.4. The number of rotatable bonds is 5. The number of hydrogen-bond acceptors (Lipinski definition) is 5. The van der Waals surface area contributed by atoms with Gasteiger partial charge in [0.05, 0.1) is 18.4 Å². The summed E-state index contributed by atoms with van der Waals surface area (Å²) in [5, 5.41) is 9.06. The minimum absolute atomic E-state index is 0.0388. The van der Waals surface area contributed by atoms with E-state index in [0.29, 0.717) is 29.2 Å². The maximum Gasteiger partial charge on any atom is 0.337 e. The van der Waals surface area contributed by atoms with E-state index in [9.17, 15) is 4.79 Å². The zero-order valence-electron chi connectivity index (χ0n) is 11.7. The van der Waals surface area contributed by atoms with Crippen LogP contribution in [0.5, 0.6) is 11.5 Å². The first-order valence-corrected chi connectivity index (χ1v) is 6.50. The van der Waals surface area contributed by atoms with E-state index in [1.807, 2.05) is 18.2 Å². The highest BCUT2D eigenvalue weighted by Gasteiger charge is 2.11. The molecule has 0 aliphatic rings. The number of benzene rings is 2. The fourth-order valence-corrected chi connectivity index (χ4v) is 1.94. The van der Waals surface area contributed by atoms with E-state index in [2.05, 4.69) is 4.74 Å². The van der Waals surface area contributed by atoms with Crippen molar-refractivity contribution in [1.29, 1.82) is 0 Å². The van der Waals surface area contributed by atoms with Crippen molar-refractivity contribution in [1.82, 2.24) is 0 Å². The van der Waals surface area contributed by atoms with Crippen LogP contribution < -0.4 is 10.5 Å². The zero-order chi connectivity index (χ0) is 15.2. The summed E-state index contributed by atoms with van der Waals surface area (Å²) >= 11 is 0. The SMILES string of the molecule is COC(=O)c1ccc(Oc2ccccc2CCO)c(N)c1. The molecule has 0 aliphatic heterocycles. The molecule has 5 heteroatoms. The van der Waals surface area contributed by atoms with E-state index in [4.69, 9.17) is 15.6 Å². The molecule has 0 aromatic heterocycles. The van der Waals surface area contributed by atoms with Gasteiger partial charge in [-0.15, -0.1) is 0 Å². The third kappa shape index (κ3) is 3.52. The molecule has 0 atom stereocenters. The van der Waals surface area contributed by atoms with Crippen LogP contribution in [-0.4, -0.2) is 24.8 Å². The van der Waals surface area contributed by atoms with Crippen molar-refractivity contribution in [3.8, 4) is 11.5 Å². The van der Waals surface area contributed by atoms with Crippen molar-refractivity contribution in [2.24, 2.45) is 0 Å². The molecule has 5 nitrogen and oxygen atoms in total. The molecule has 2 aromatic carbocycles. The highest BCUT2D eigenvalue weighted by atomic mass is 16.5. The maximum absolute atomic E-state index is 11.4.